The molecule has 2 heterocycles. The van der Waals surface area contributed by atoms with Crippen LogP contribution in [-0.4, -0.2) is 26.2 Å². The molecule has 6 heteroatoms. The summed E-state index contributed by atoms with van der Waals surface area (Å²) in [6, 6.07) is 15.9. The van der Waals surface area contributed by atoms with Crippen molar-refractivity contribution in [1.82, 2.24) is 9.59 Å². The molecule has 3 aromatic rings. The first kappa shape index (κ1) is 21.7. The van der Waals surface area contributed by atoms with Crippen molar-refractivity contribution in [3.8, 4) is 5.75 Å². The molecule has 0 spiro atoms. The van der Waals surface area contributed by atoms with E-state index in [4.69, 9.17) is 4.99 Å². The molecule has 5 nitrogen and oxygen atoms in total. The van der Waals surface area contributed by atoms with E-state index in [2.05, 4.69) is 47.7 Å². The van der Waals surface area contributed by atoms with Crippen LogP contribution in [0, 0.1) is 5.92 Å². The van der Waals surface area contributed by atoms with Gasteiger partial charge < -0.3 is 5.11 Å². The number of nitrogens with zero attached hydrogens (tertiary/aromatic N) is 3. The van der Waals surface area contributed by atoms with Gasteiger partial charge in [0.2, 0.25) is 0 Å². The van der Waals surface area contributed by atoms with Gasteiger partial charge in [-0.05, 0) is 79.4 Å². The molecule has 0 bridgehead atoms. The molecular formula is C27H27N3O2S. The van der Waals surface area contributed by atoms with Crippen LogP contribution in [0.15, 0.2) is 64.5 Å². The van der Waals surface area contributed by atoms with Crippen LogP contribution < -0.4 is 0 Å². The summed E-state index contributed by atoms with van der Waals surface area (Å²) in [7, 11) is 0. The number of aromatic nitrogens is 2. The van der Waals surface area contributed by atoms with Crippen molar-refractivity contribution < 1.29 is 9.90 Å². The standard InChI is InChI=1S/C27H27N3O2S/c1-17-5-3-8-23(19-6-4-7-21(31)15-19)28-25(17)18-9-11-20(12-10-18)27(2)14-13-22(27)26(32)24-16-33-30-29-24/h4,6-7,9-12,15-16,22,31H,3,5,8,13-14H2,1-2H3. The molecule has 0 saturated heterocycles. The molecule has 1 aromatic heterocycles. The van der Waals surface area contributed by atoms with Crippen molar-refractivity contribution >= 4 is 28.7 Å². The maximum absolute atomic E-state index is 12.9. The van der Waals surface area contributed by atoms with E-state index in [9.17, 15) is 9.90 Å². The van der Waals surface area contributed by atoms with Gasteiger partial charge in [0.15, 0.2) is 5.78 Å². The summed E-state index contributed by atoms with van der Waals surface area (Å²) >= 11 is 1.22. The fourth-order valence-electron chi connectivity index (χ4n) is 5.08. The fourth-order valence-corrected chi connectivity index (χ4v) is 5.52. The van der Waals surface area contributed by atoms with Gasteiger partial charge in [-0.1, -0.05) is 47.8 Å². The molecule has 0 radical (unpaired) electrons. The van der Waals surface area contributed by atoms with Gasteiger partial charge in [-0.2, -0.15) is 0 Å². The lowest BCUT2D eigenvalue weighted by atomic mass is 9.56. The number of allylic oxidation sites excluding steroid dienone is 1. The van der Waals surface area contributed by atoms with Crippen LogP contribution in [-0.2, 0) is 5.41 Å². The van der Waals surface area contributed by atoms with Crippen LogP contribution in [0.2, 0.25) is 0 Å². The summed E-state index contributed by atoms with van der Waals surface area (Å²) in [6.45, 7) is 4.34. The molecular weight excluding hydrogens is 430 g/mol. The van der Waals surface area contributed by atoms with Gasteiger partial charge in [-0.3, -0.25) is 9.79 Å². The van der Waals surface area contributed by atoms with Crippen molar-refractivity contribution in [3.05, 3.63) is 81.9 Å². The van der Waals surface area contributed by atoms with Gasteiger partial charge in [0.05, 0.1) is 5.70 Å². The largest absolute Gasteiger partial charge is 0.508 e. The van der Waals surface area contributed by atoms with Crippen LogP contribution in [0.5, 0.6) is 5.75 Å². The zero-order chi connectivity index (χ0) is 23.0. The minimum absolute atomic E-state index is 0.0542. The van der Waals surface area contributed by atoms with Crippen LogP contribution in [0.3, 0.4) is 0 Å². The number of hydrogen-bond donors (Lipinski definition) is 1. The lowest BCUT2D eigenvalue weighted by molar-refractivity contribution is 0.0675. The molecule has 0 amide bonds. The highest BCUT2D eigenvalue weighted by Gasteiger charge is 2.48. The molecule has 2 aromatic carbocycles. The monoisotopic (exact) mass is 457 g/mol. The number of benzene rings is 2. The Morgan fingerprint density at radius 2 is 1.94 bits per heavy atom. The SMILES string of the molecule is CC1=C(c2ccc(C3(C)CCC3C(=O)c3csnn3)cc2)N=C(c2cccc(O)c2)CCC1. The highest BCUT2D eigenvalue weighted by molar-refractivity contribution is 7.03. The smallest absolute Gasteiger partial charge is 0.187 e. The average Bonchev–Trinajstić information content (AvgIpc) is 3.28. The van der Waals surface area contributed by atoms with Crippen molar-refractivity contribution in [3.63, 3.8) is 0 Å². The number of ketones is 1. The first-order valence-electron chi connectivity index (χ1n) is 11.4. The zero-order valence-corrected chi connectivity index (χ0v) is 19.7. The van der Waals surface area contributed by atoms with Crippen molar-refractivity contribution in [2.75, 3.05) is 0 Å². The molecule has 2 atom stereocenters. The Morgan fingerprint density at radius 3 is 2.61 bits per heavy atom. The Balaban J connectivity index is 1.43. The number of hydrogen-bond acceptors (Lipinski definition) is 6. The second-order valence-corrected chi connectivity index (χ2v) is 9.94. The topological polar surface area (TPSA) is 75.4 Å². The number of aromatic hydroxyl groups is 1. The molecule has 2 aliphatic rings. The van der Waals surface area contributed by atoms with E-state index in [1.807, 2.05) is 12.1 Å². The van der Waals surface area contributed by atoms with Crippen LogP contribution >= 0.6 is 11.5 Å². The molecule has 1 saturated carbocycles. The first-order valence-corrected chi connectivity index (χ1v) is 12.3. The second kappa shape index (κ2) is 8.67. The third-order valence-electron chi connectivity index (χ3n) is 7.26. The third-order valence-corrected chi connectivity index (χ3v) is 7.77. The minimum atomic E-state index is -0.178. The Bertz CT molecular complexity index is 1240. The summed E-state index contributed by atoms with van der Waals surface area (Å²) < 4.78 is 3.85. The second-order valence-electron chi connectivity index (χ2n) is 9.33. The highest BCUT2D eigenvalue weighted by atomic mass is 32.1. The van der Waals surface area contributed by atoms with Crippen LogP contribution in [0.1, 0.15) is 73.1 Å². The maximum Gasteiger partial charge on any atom is 0.187 e. The number of aliphatic imine (C=N–C) groups is 1. The lowest BCUT2D eigenvalue weighted by Crippen LogP contribution is -2.46. The summed E-state index contributed by atoms with van der Waals surface area (Å²) in [6.07, 6.45) is 4.79. The Kier molecular flexibility index (Phi) is 5.71. The van der Waals surface area contributed by atoms with Crippen LogP contribution in [0.4, 0.5) is 0 Å². The number of phenolic OH excluding ortho intramolecular Hbond substituents is 1. The highest BCUT2D eigenvalue weighted by Crippen LogP contribution is 2.50. The van der Waals surface area contributed by atoms with E-state index >= 15 is 0 Å². The number of carbonyl (C=O) groups excluding carboxylic acids is 1. The predicted octanol–water partition coefficient (Wildman–Crippen LogP) is 6.20. The normalized spacial score (nSPS) is 23.0. The number of carbonyl (C=O) groups is 1. The summed E-state index contributed by atoms with van der Waals surface area (Å²) in [5, 5.41) is 15.6. The van der Waals surface area contributed by atoms with E-state index in [-0.39, 0.29) is 22.9 Å². The number of Topliss-reactive ketones (excluding diaryl/α,β-unsaturated/α-hetero) is 1. The van der Waals surface area contributed by atoms with E-state index < -0.39 is 0 Å². The van der Waals surface area contributed by atoms with Gasteiger partial charge in [-0.15, -0.1) is 5.10 Å². The number of phenols is 1. The van der Waals surface area contributed by atoms with E-state index in [1.165, 1.54) is 22.7 Å². The Hall–Kier alpha value is -3.12. The van der Waals surface area contributed by atoms with Crippen molar-refractivity contribution in [2.24, 2.45) is 10.9 Å². The Labute approximate surface area is 198 Å². The van der Waals surface area contributed by atoms with Crippen molar-refractivity contribution in [1.29, 1.82) is 0 Å². The molecule has 1 fully saturated rings. The average molecular weight is 458 g/mol. The van der Waals surface area contributed by atoms with Gasteiger partial charge in [-0.25, -0.2) is 0 Å². The first-order chi connectivity index (χ1) is 16.0. The maximum atomic E-state index is 12.9. The number of rotatable bonds is 5. The quantitative estimate of drug-likeness (QED) is 0.463. The van der Waals surface area contributed by atoms with Crippen molar-refractivity contribution in [2.45, 2.75) is 51.4 Å². The summed E-state index contributed by atoms with van der Waals surface area (Å²) in [5.41, 5.74) is 6.85. The van der Waals surface area contributed by atoms with E-state index in [0.29, 0.717) is 5.69 Å². The fraction of sp³-hybridized carbons (Fsp3) is 0.333. The van der Waals surface area contributed by atoms with Crippen LogP contribution in [0.25, 0.3) is 5.70 Å². The van der Waals surface area contributed by atoms with Gasteiger partial charge in [0.1, 0.15) is 11.4 Å². The van der Waals surface area contributed by atoms with Gasteiger partial charge >= 0.3 is 0 Å². The summed E-state index contributed by atoms with van der Waals surface area (Å²) in [4.78, 5) is 18.0. The molecule has 2 unspecified atom stereocenters. The molecule has 1 aliphatic carbocycles. The molecule has 5 rings (SSSR count). The third kappa shape index (κ3) is 4.04. The predicted molar refractivity (Wildman–Crippen MR) is 132 cm³/mol. The minimum Gasteiger partial charge on any atom is -0.508 e. The zero-order valence-electron chi connectivity index (χ0n) is 18.9. The molecule has 1 aliphatic heterocycles. The van der Waals surface area contributed by atoms with E-state index in [1.54, 1.807) is 17.5 Å². The molecule has 168 valence electrons. The Morgan fingerprint density at radius 1 is 1.12 bits per heavy atom. The lowest BCUT2D eigenvalue weighted by Gasteiger charge is -2.46. The van der Waals surface area contributed by atoms with E-state index in [0.717, 1.165) is 54.6 Å². The summed E-state index contributed by atoms with van der Waals surface area (Å²) in [5.74, 6) is 0.308. The van der Waals surface area contributed by atoms with Gasteiger partial charge in [0.25, 0.3) is 0 Å². The molecule has 1 N–H and O–H groups in total. The van der Waals surface area contributed by atoms with Gasteiger partial charge in [0, 0.05) is 28.0 Å². The molecule has 33 heavy (non-hydrogen) atoms.